The Morgan fingerprint density at radius 3 is 2.07 bits per heavy atom. The molecule has 4 heteroatoms. The molecule has 0 radical (unpaired) electrons. The maximum Gasteiger partial charge on any atom is 0.269 e. The highest BCUT2D eigenvalue weighted by Gasteiger charge is 2.22. The highest BCUT2D eigenvalue weighted by atomic mass is 19.3. The van der Waals surface area contributed by atoms with Crippen molar-refractivity contribution in [3.8, 4) is 0 Å². The average Bonchev–Trinajstić information content (AvgIpc) is 2.02. The molecule has 0 unspecified atom stereocenters. The highest BCUT2D eigenvalue weighted by Crippen LogP contribution is 2.23. The minimum Gasteiger partial charge on any atom is -0.293 e. The van der Waals surface area contributed by atoms with E-state index in [1.807, 2.05) is 20.8 Å². The Balaban J connectivity index is 2.41. The van der Waals surface area contributed by atoms with Crippen molar-refractivity contribution in [1.29, 1.82) is 0 Å². The van der Waals surface area contributed by atoms with Crippen LogP contribution in [0.25, 0.3) is 0 Å². The summed E-state index contributed by atoms with van der Waals surface area (Å²) < 4.78 is 24.4. The van der Waals surface area contributed by atoms with Gasteiger partial charge in [0.1, 0.15) is 0 Å². The van der Waals surface area contributed by atoms with Crippen molar-refractivity contribution < 1.29 is 13.6 Å². The van der Waals surface area contributed by atoms with E-state index in [0.29, 0.717) is 25.9 Å². The van der Waals surface area contributed by atoms with Gasteiger partial charge in [-0.05, 0) is 39.2 Å². The quantitative estimate of drug-likeness (QED) is 0.652. The highest BCUT2D eigenvalue weighted by molar-refractivity contribution is 5.05. The van der Waals surface area contributed by atoms with E-state index in [-0.39, 0.29) is 11.2 Å². The molecule has 0 atom stereocenters. The Labute approximate surface area is 83.5 Å². The second-order valence-electron chi connectivity index (χ2n) is 4.50. The first kappa shape index (κ1) is 11.6. The largest absolute Gasteiger partial charge is 0.293 e. The van der Waals surface area contributed by atoms with E-state index >= 15 is 0 Å². The van der Waals surface area contributed by atoms with Crippen molar-refractivity contribution in [2.75, 3.05) is 13.1 Å². The average molecular weight is 205 g/mol. The molecule has 0 aromatic carbocycles. The lowest BCUT2D eigenvalue weighted by Crippen LogP contribution is -2.37. The van der Waals surface area contributed by atoms with Gasteiger partial charge in [-0.15, -0.1) is 0 Å². The summed E-state index contributed by atoms with van der Waals surface area (Å²) in [5.74, 6) is 0. The van der Waals surface area contributed by atoms with Crippen LogP contribution in [-0.2, 0) is 4.84 Å². The lowest BCUT2D eigenvalue weighted by atomic mass is 10.1. The molecule has 0 N–H and O–H groups in total. The van der Waals surface area contributed by atoms with Gasteiger partial charge in [0.2, 0.25) is 0 Å². The van der Waals surface area contributed by atoms with Crippen molar-refractivity contribution in [2.45, 2.75) is 39.2 Å². The van der Waals surface area contributed by atoms with Crippen LogP contribution in [0, 0.1) is 0 Å². The Morgan fingerprint density at radius 2 is 1.71 bits per heavy atom. The van der Waals surface area contributed by atoms with Gasteiger partial charge in [-0.1, -0.05) is 0 Å². The molecule has 1 saturated heterocycles. The van der Waals surface area contributed by atoms with E-state index in [1.54, 1.807) is 5.06 Å². The number of hydroxylamine groups is 2. The normalized spacial score (nSPS) is 19.9. The van der Waals surface area contributed by atoms with Gasteiger partial charge >= 0.3 is 0 Å². The molecule has 0 aliphatic carbocycles. The minimum absolute atomic E-state index is 0.241. The summed E-state index contributed by atoms with van der Waals surface area (Å²) in [5, 5.41) is 1.77. The van der Waals surface area contributed by atoms with Crippen LogP contribution in [0.3, 0.4) is 0 Å². The molecule has 1 aliphatic heterocycles. The topological polar surface area (TPSA) is 12.5 Å². The molecule has 1 rings (SSSR count). The van der Waals surface area contributed by atoms with Gasteiger partial charge in [0.25, 0.3) is 6.08 Å². The summed E-state index contributed by atoms with van der Waals surface area (Å²) in [6.45, 7) is 6.98. The molecule has 2 nitrogen and oxygen atoms in total. The predicted molar refractivity (Wildman–Crippen MR) is 50.9 cm³/mol. The monoisotopic (exact) mass is 205 g/mol. The van der Waals surface area contributed by atoms with Gasteiger partial charge in [0.15, 0.2) is 0 Å². The van der Waals surface area contributed by atoms with E-state index in [4.69, 9.17) is 4.84 Å². The number of piperidine rings is 1. The molecule has 1 fully saturated rings. The van der Waals surface area contributed by atoms with Gasteiger partial charge < -0.3 is 0 Å². The minimum atomic E-state index is -1.51. The molecular weight excluding hydrogens is 188 g/mol. The van der Waals surface area contributed by atoms with E-state index in [2.05, 4.69) is 0 Å². The van der Waals surface area contributed by atoms with Gasteiger partial charge in [-0.2, -0.15) is 13.8 Å². The third kappa shape index (κ3) is 3.72. The van der Waals surface area contributed by atoms with Crippen molar-refractivity contribution in [2.24, 2.45) is 0 Å². The zero-order valence-corrected chi connectivity index (χ0v) is 8.94. The number of rotatable bonds is 1. The fourth-order valence-electron chi connectivity index (χ4n) is 1.42. The predicted octanol–water partition coefficient (Wildman–Crippen LogP) is 2.96. The van der Waals surface area contributed by atoms with Crippen molar-refractivity contribution in [3.63, 3.8) is 0 Å². The first-order valence-corrected chi connectivity index (χ1v) is 4.85. The Bertz CT molecular complexity index is 219. The van der Waals surface area contributed by atoms with Crippen LogP contribution in [0.4, 0.5) is 8.78 Å². The number of hydrogen-bond acceptors (Lipinski definition) is 2. The van der Waals surface area contributed by atoms with Crippen LogP contribution >= 0.6 is 0 Å². The first-order chi connectivity index (χ1) is 6.38. The van der Waals surface area contributed by atoms with Gasteiger partial charge in [-0.25, -0.2) is 0 Å². The van der Waals surface area contributed by atoms with Crippen molar-refractivity contribution in [1.82, 2.24) is 5.06 Å². The summed E-state index contributed by atoms with van der Waals surface area (Å²) in [7, 11) is 0. The maximum atomic E-state index is 12.2. The molecule has 0 spiro atoms. The summed E-state index contributed by atoms with van der Waals surface area (Å²) in [6, 6.07) is 0. The second-order valence-corrected chi connectivity index (χ2v) is 4.50. The zero-order chi connectivity index (χ0) is 10.8. The Hall–Kier alpha value is -0.480. The molecule has 0 aromatic rings. The molecule has 82 valence electrons. The summed E-state index contributed by atoms with van der Waals surface area (Å²) in [5.41, 5.74) is 0.0360. The third-order valence-corrected chi connectivity index (χ3v) is 2.00. The fraction of sp³-hybridized carbons (Fsp3) is 0.800. The van der Waals surface area contributed by atoms with Crippen molar-refractivity contribution >= 4 is 0 Å². The number of nitrogens with zero attached hydrogens (tertiary/aromatic N) is 1. The molecule has 0 saturated carbocycles. The Kier molecular flexibility index (Phi) is 3.61. The van der Waals surface area contributed by atoms with Gasteiger partial charge in [0.05, 0.1) is 5.60 Å². The molecular formula is C10H17F2NO. The molecule has 0 amide bonds. The van der Waals surface area contributed by atoms with Crippen LogP contribution in [0.2, 0.25) is 0 Å². The SMILES string of the molecule is CC(C)(C)ON1CCC(=C(F)F)CC1. The first-order valence-electron chi connectivity index (χ1n) is 4.85. The van der Waals surface area contributed by atoms with Crippen molar-refractivity contribution in [3.05, 3.63) is 11.7 Å². The molecule has 14 heavy (non-hydrogen) atoms. The molecule has 1 heterocycles. The summed E-state index contributed by atoms with van der Waals surface area (Å²) >= 11 is 0. The van der Waals surface area contributed by atoms with E-state index in [0.717, 1.165) is 0 Å². The summed E-state index contributed by atoms with van der Waals surface area (Å²) in [4.78, 5) is 5.57. The molecule has 1 aliphatic rings. The lowest BCUT2D eigenvalue weighted by Gasteiger charge is -2.33. The standard InChI is InChI=1S/C10H17F2NO/c1-10(2,3)14-13-6-4-8(5-7-13)9(11)12/h4-7H2,1-3H3. The van der Waals surface area contributed by atoms with Crippen LogP contribution in [0.1, 0.15) is 33.6 Å². The van der Waals surface area contributed by atoms with Crippen LogP contribution in [-0.4, -0.2) is 23.8 Å². The lowest BCUT2D eigenvalue weighted by molar-refractivity contribution is -0.231. The van der Waals surface area contributed by atoms with E-state index < -0.39 is 6.08 Å². The second kappa shape index (κ2) is 4.36. The van der Waals surface area contributed by atoms with E-state index in [1.165, 1.54) is 0 Å². The fourth-order valence-corrected chi connectivity index (χ4v) is 1.42. The van der Waals surface area contributed by atoms with Crippen LogP contribution in [0.15, 0.2) is 11.7 Å². The van der Waals surface area contributed by atoms with Crippen LogP contribution in [0.5, 0.6) is 0 Å². The maximum absolute atomic E-state index is 12.2. The number of hydrogen-bond donors (Lipinski definition) is 0. The molecule has 0 aromatic heterocycles. The number of halogens is 2. The zero-order valence-electron chi connectivity index (χ0n) is 8.94. The van der Waals surface area contributed by atoms with Crippen LogP contribution < -0.4 is 0 Å². The smallest absolute Gasteiger partial charge is 0.269 e. The molecule has 0 bridgehead atoms. The van der Waals surface area contributed by atoms with E-state index in [9.17, 15) is 8.78 Å². The van der Waals surface area contributed by atoms with Gasteiger partial charge in [-0.3, -0.25) is 4.84 Å². The third-order valence-electron chi connectivity index (χ3n) is 2.00. The van der Waals surface area contributed by atoms with Gasteiger partial charge in [0, 0.05) is 13.1 Å². The Morgan fingerprint density at radius 1 is 1.21 bits per heavy atom. The summed E-state index contributed by atoms with van der Waals surface area (Å²) in [6.07, 6.45) is -0.683.